The number of carbonyl (C=O) groups excluding carboxylic acids is 1. The maximum absolute atomic E-state index is 13.7. The van der Waals surface area contributed by atoms with Crippen LogP contribution in [0.2, 0.25) is 17.3 Å². The van der Waals surface area contributed by atoms with Crippen molar-refractivity contribution in [1.82, 2.24) is 19.5 Å². The van der Waals surface area contributed by atoms with E-state index in [-0.39, 0.29) is 47.7 Å². The Morgan fingerprint density at radius 3 is 2.40 bits per heavy atom. The third-order valence-corrected chi connectivity index (χ3v) is 14.8. The molecule has 5 rings (SSSR count). The van der Waals surface area contributed by atoms with Crippen LogP contribution in [-0.2, 0) is 10.0 Å². The normalized spacial score (nSPS) is 19.4. The summed E-state index contributed by atoms with van der Waals surface area (Å²) in [5, 5.41) is 4.35. The summed E-state index contributed by atoms with van der Waals surface area (Å²) < 4.78 is 77.0. The Bertz CT molecular complexity index is 1700. The molecule has 1 amide bonds. The molecule has 1 saturated carbocycles. The molecule has 45 heavy (non-hydrogen) atoms. The fourth-order valence-electron chi connectivity index (χ4n) is 6.15. The van der Waals surface area contributed by atoms with E-state index in [0.717, 1.165) is 10.8 Å². The number of hydrogen-bond donors (Lipinski definition) is 1. The number of alkyl halides is 3. The van der Waals surface area contributed by atoms with Crippen molar-refractivity contribution in [3.63, 3.8) is 0 Å². The molecule has 1 atom stereocenters. The van der Waals surface area contributed by atoms with Crippen molar-refractivity contribution < 1.29 is 31.1 Å². The summed E-state index contributed by atoms with van der Waals surface area (Å²) in [6.45, 7) is 6.67. The van der Waals surface area contributed by atoms with Crippen molar-refractivity contribution in [1.29, 1.82) is 0 Å². The standard InChI is InChI=1S/C31H40F3GeN5O4S/c1-21-19-29(2,3)39(20-21)27-22(28(41)38-45(42,43)24-10-8-7-9-23(24)35(4,5)6)11-12-25(36-27)40-17-13-26(37-40)44-18-16-30(14-15-30)31(32,33)34/h7-13,17,21H,14-16,18-20H2,1-6H3,(H,38,41)/t21-/m0/s1. The number of hydrogen-bond acceptors (Lipinski definition) is 7. The zero-order valence-corrected chi connectivity index (χ0v) is 29.3. The second-order valence-electron chi connectivity index (χ2n) is 13.9. The number of rotatable bonds is 10. The zero-order chi connectivity index (χ0) is 33.0. The SMILES string of the molecule is C[C@@H]1CN(c2nc(-n3ccc(OCCC4(C(F)(F)F)CC4)n3)ccc2C(=O)NS(=O)(=O)c2cccc[c]2[Ge]([CH3])([CH3])[CH3])C(C)(C)C1. The van der Waals surface area contributed by atoms with E-state index in [1.807, 2.05) is 30.9 Å². The first-order chi connectivity index (χ1) is 20.8. The van der Waals surface area contributed by atoms with Gasteiger partial charge in [-0.05, 0) is 19.3 Å². The van der Waals surface area contributed by atoms with E-state index < -0.39 is 40.8 Å². The number of nitrogens with zero attached hydrogens (tertiary/aromatic N) is 4. The van der Waals surface area contributed by atoms with E-state index in [1.54, 1.807) is 24.4 Å². The Hall–Kier alpha value is -3.07. The van der Waals surface area contributed by atoms with Crippen LogP contribution in [0.25, 0.3) is 5.82 Å². The first-order valence-corrected chi connectivity index (χ1v) is 23.9. The number of benzene rings is 1. The number of carbonyl (C=O) groups is 1. The van der Waals surface area contributed by atoms with Crippen LogP contribution in [-0.4, -0.2) is 67.2 Å². The number of amides is 1. The summed E-state index contributed by atoms with van der Waals surface area (Å²) in [5.74, 6) is 6.58. The average Bonchev–Trinajstić information content (AvgIpc) is 3.50. The van der Waals surface area contributed by atoms with Crippen molar-refractivity contribution in [2.24, 2.45) is 11.3 Å². The van der Waals surface area contributed by atoms with E-state index in [9.17, 15) is 26.4 Å². The molecular formula is C31H40F3GeN5O4S. The van der Waals surface area contributed by atoms with Crippen LogP contribution in [0.15, 0.2) is 53.6 Å². The summed E-state index contributed by atoms with van der Waals surface area (Å²) in [6.07, 6.45) is -1.75. The molecule has 0 unspecified atom stereocenters. The number of nitrogens with one attached hydrogen (secondary N) is 1. The summed E-state index contributed by atoms with van der Waals surface area (Å²) in [6, 6.07) is 11.4. The summed E-state index contributed by atoms with van der Waals surface area (Å²) in [4.78, 5) is 20.6. The molecule has 2 fully saturated rings. The predicted molar refractivity (Wildman–Crippen MR) is 168 cm³/mol. The second kappa shape index (κ2) is 11.6. The van der Waals surface area contributed by atoms with Gasteiger partial charge in [0.25, 0.3) is 0 Å². The van der Waals surface area contributed by atoms with Gasteiger partial charge in [-0.3, -0.25) is 0 Å². The van der Waals surface area contributed by atoms with Crippen molar-refractivity contribution in [2.75, 3.05) is 18.1 Å². The molecule has 3 heterocycles. The van der Waals surface area contributed by atoms with Gasteiger partial charge in [0.1, 0.15) is 0 Å². The van der Waals surface area contributed by atoms with Gasteiger partial charge < -0.3 is 4.74 Å². The van der Waals surface area contributed by atoms with Gasteiger partial charge in [0.2, 0.25) is 0 Å². The Morgan fingerprint density at radius 2 is 1.80 bits per heavy atom. The van der Waals surface area contributed by atoms with Gasteiger partial charge in [-0.2, -0.15) is 13.2 Å². The summed E-state index contributed by atoms with van der Waals surface area (Å²) in [7, 11) is -4.19. The molecule has 1 saturated heterocycles. The van der Waals surface area contributed by atoms with Crippen LogP contribution in [0, 0.1) is 11.3 Å². The molecule has 3 aromatic rings. The van der Waals surface area contributed by atoms with Gasteiger partial charge in [-0.1, -0.05) is 0 Å². The number of anilines is 1. The summed E-state index contributed by atoms with van der Waals surface area (Å²) in [5.41, 5.74) is -1.93. The molecule has 0 bridgehead atoms. The number of aromatic nitrogens is 3. The average molecular weight is 708 g/mol. The van der Waals surface area contributed by atoms with E-state index in [0.29, 0.717) is 24.1 Å². The third-order valence-electron chi connectivity index (χ3n) is 8.73. The Labute approximate surface area is 265 Å². The van der Waals surface area contributed by atoms with Crippen LogP contribution >= 0.6 is 0 Å². The molecule has 0 radical (unpaired) electrons. The Morgan fingerprint density at radius 1 is 1.11 bits per heavy atom. The van der Waals surface area contributed by atoms with E-state index in [4.69, 9.17) is 9.72 Å². The van der Waals surface area contributed by atoms with E-state index >= 15 is 0 Å². The molecule has 2 aromatic heterocycles. The topological polar surface area (TPSA) is 106 Å². The quantitative estimate of drug-likeness (QED) is 0.271. The number of halogens is 3. The van der Waals surface area contributed by atoms with Crippen molar-refractivity contribution >= 4 is 39.4 Å². The van der Waals surface area contributed by atoms with Crippen molar-refractivity contribution in [3.8, 4) is 11.7 Å². The molecule has 1 N–H and O–H groups in total. The first-order valence-electron chi connectivity index (χ1n) is 15.0. The molecule has 1 aliphatic heterocycles. The van der Waals surface area contributed by atoms with Gasteiger partial charge in [0.15, 0.2) is 0 Å². The van der Waals surface area contributed by atoms with Crippen LogP contribution in [0.1, 0.15) is 56.8 Å². The molecule has 2 aliphatic rings. The monoisotopic (exact) mass is 709 g/mol. The van der Waals surface area contributed by atoms with Gasteiger partial charge in [-0.15, -0.1) is 0 Å². The zero-order valence-electron chi connectivity index (χ0n) is 26.4. The van der Waals surface area contributed by atoms with Crippen LogP contribution in [0.4, 0.5) is 19.0 Å². The molecular weight excluding hydrogens is 668 g/mol. The maximum atomic E-state index is 13.7. The summed E-state index contributed by atoms with van der Waals surface area (Å²) >= 11 is -2.62. The van der Waals surface area contributed by atoms with Crippen LogP contribution in [0.5, 0.6) is 5.88 Å². The number of pyridine rings is 1. The molecule has 0 spiro atoms. The fraction of sp³-hybridized carbons (Fsp3) is 0.516. The molecule has 1 aromatic carbocycles. The van der Waals surface area contributed by atoms with Gasteiger partial charge in [0, 0.05) is 0 Å². The van der Waals surface area contributed by atoms with Gasteiger partial charge in [-0.25, -0.2) is 0 Å². The third kappa shape index (κ3) is 6.88. The van der Waals surface area contributed by atoms with E-state index in [2.05, 4.69) is 34.0 Å². The van der Waals surface area contributed by atoms with Crippen LogP contribution in [0.3, 0.4) is 0 Å². The predicted octanol–water partition coefficient (Wildman–Crippen LogP) is 5.67. The van der Waals surface area contributed by atoms with E-state index in [1.165, 1.54) is 16.8 Å². The number of sulfonamides is 1. The molecule has 9 nitrogen and oxygen atoms in total. The molecule has 244 valence electrons. The minimum atomic E-state index is -4.25. The van der Waals surface area contributed by atoms with Gasteiger partial charge >= 0.3 is 216 Å². The van der Waals surface area contributed by atoms with Gasteiger partial charge in [0.05, 0.1) is 12.0 Å². The Balaban J connectivity index is 1.43. The molecule has 1 aliphatic carbocycles. The Kier molecular flexibility index (Phi) is 8.60. The molecule has 14 heteroatoms. The minimum absolute atomic E-state index is 0.102. The van der Waals surface area contributed by atoms with Crippen molar-refractivity contribution in [3.05, 3.63) is 54.2 Å². The first kappa shape index (κ1) is 33.3. The second-order valence-corrected chi connectivity index (χ2v) is 26.2. The van der Waals surface area contributed by atoms with Crippen molar-refractivity contribution in [2.45, 2.75) is 80.3 Å². The van der Waals surface area contributed by atoms with Crippen LogP contribution < -0.4 is 18.8 Å². The fourth-order valence-corrected chi connectivity index (χ4v) is 12.6. The number of ether oxygens (including phenoxy) is 1.